The Labute approximate surface area is 163 Å². The molecule has 0 saturated carbocycles. The van der Waals surface area contributed by atoms with Crippen LogP contribution in [-0.4, -0.2) is 52.1 Å². The normalized spacial score (nSPS) is 21.4. The van der Waals surface area contributed by atoms with Gasteiger partial charge < -0.3 is 4.74 Å². The van der Waals surface area contributed by atoms with Gasteiger partial charge in [-0.25, -0.2) is 24.6 Å². The summed E-state index contributed by atoms with van der Waals surface area (Å²) in [7, 11) is 1.36. The molecule has 7 nitrogen and oxygen atoms in total. The average Bonchev–Trinajstić information content (AvgIpc) is 3.08. The SMILES string of the molecule is COC(=O)C1CC(C)N2C(=O)N(Cc3ccccc3)N=C(c3ccccc3)N12. The minimum atomic E-state index is -0.582. The number of carbonyl (C=O) groups is 2. The first kappa shape index (κ1) is 18.0. The summed E-state index contributed by atoms with van der Waals surface area (Å²) in [6.45, 7) is 2.29. The predicted molar refractivity (Wildman–Crippen MR) is 104 cm³/mol. The molecule has 1 saturated heterocycles. The Balaban J connectivity index is 1.78. The Morgan fingerprint density at radius 3 is 2.36 bits per heavy atom. The molecule has 28 heavy (non-hydrogen) atoms. The molecule has 0 N–H and O–H groups in total. The van der Waals surface area contributed by atoms with Gasteiger partial charge in [0.05, 0.1) is 19.7 Å². The molecule has 7 heteroatoms. The highest BCUT2D eigenvalue weighted by atomic mass is 16.5. The molecule has 0 spiro atoms. The largest absolute Gasteiger partial charge is 0.467 e. The van der Waals surface area contributed by atoms with E-state index >= 15 is 0 Å². The van der Waals surface area contributed by atoms with Crippen molar-refractivity contribution in [2.45, 2.75) is 32.0 Å². The second-order valence-electron chi connectivity index (χ2n) is 6.93. The molecule has 2 aromatic rings. The molecule has 4 rings (SSSR count). The number of ether oxygens (including phenoxy) is 1. The van der Waals surface area contributed by atoms with E-state index in [1.165, 1.54) is 12.1 Å². The maximum atomic E-state index is 13.2. The molecule has 144 valence electrons. The van der Waals surface area contributed by atoms with E-state index in [9.17, 15) is 9.59 Å². The number of fused-ring (bicyclic) bond motifs is 1. The molecule has 2 unspecified atom stereocenters. The maximum Gasteiger partial charge on any atom is 0.359 e. The first-order valence-electron chi connectivity index (χ1n) is 9.26. The van der Waals surface area contributed by atoms with Crippen LogP contribution in [0.15, 0.2) is 65.8 Å². The molecule has 2 aromatic carbocycles. The van der Waals surface area contributed by atoms with Crippen molar-refractivity contribution < 1.29 is 14.3 Å². The van der Waals surface area contributed by atoms with Crippen LogP contribution in [0.1, 0.15) is 24.5 Å². The molecule has 0 aliphatic carbocycles. The van der Waals surface area contributed by atoms with E-state index in [1.54, 1.807) is 10.0 Å². The van der Waals surface area contributed by atoms with Crippen LogP contribution < -0.4 is 0 Å². The zero-order valence-electron chi connectivity index (χ0n) is 15.9. The lowest BCUT2D eigenvalue weighted by Crippen LogP contribution is -2.59. The number of hydrazine groups is 1. The minimum Gasteiger partial charge on any atom is -0.467 e. The summed E-state index contributed by atoms with van der Waals surface area (Å²) < 4.78 is 4.99. The van der Waals surface area contributed by atoms with E-state index < -0.39 is 6.04 Å². The molecular formula is C21H22N4O3. The second-order valence-corrected chi connectivity index (χ2v) is 6.93. The van der Waals surface area contributed by atoms with Crippen LogP contribution in [0.25, 0.3) is 0 Å². The highest BCUT2D eigenvalue weighted by Gasteiger charge is 2.50. The Bertz CT molecular complexity index is 900. The van der Waals surface area contributed by atoms with Gasteiger partial charge in [0.25, 0.3) is 0 Å². The summed E-state index contributed by atoms with van der Waals surface area (Å²) in [6, 6.07) is 18.3. The molecule has 0 bridgehead atoms. The number of nitrogens with zero attached hydrogens (tertiary/aromatic N) is 4. The van der Waals surface area contributed by atoms with E-state index in [-0.39, 0.29) is 18.0 Å². The molecule has 2 heterocycles. The number of hydrogen-bond acceptors (Lipinski definition) is 5. The maximum absolute atomic E-state index is 13.2. The predicted octanol–water partition coefficient (Wildman–Crippen LogP) is 2.84. The summed E-state index contributed by atoms with van der Waals surface area (Å²) in [5, 5.41) is 9.43. The van der Waals surface area contributed by atoms with Crippen molar-refractivity contribution in [3.05, 3.63) is 71.8 Å². The smallest absolute Gasteiger partial charge is 0.359 e. The molecule has 0 radical (unpaired) electrons. The third kappa shape index (κ3) is 3.09. The molecule has 2 atom stereocenters. The van der Waals surface area contributed by atoms with Gasteiger partial charge in [-0.05, 0) is 12.5 Å². The van der Waals surface area contributed by atoms with E-state index in [0.29, 0.717) is 18.8 Å². The van der Waals surface area contributed by atoms with Gasteiger partial charge in [0.15, 0.2) is 11.9 Å². The van der Waals surface area contributed by atoms with Crippen LogP contribution in [0.5, 0.6) is 0 Å². The van der Waals surface area contributed by atoms with Crippen molar-refractivity contribution in [3.8, 4) is 0 Å². The zero-order chi connectivity index (χ0) is 19.7. The zero-order valence-corrected chi connectivity index (χ0v) is 15.9. The monoisotopic (exact) mass is 378 g/mol. The van der Waals surface area contributed by atoms with E-state index in [1.807, 2.05) is 67.6 Å². The number of amidine groups is 1. The summed E-state index contributed by atoms with van der Waals surface area (Å²) in [5.74, 6) is 0.193. The van der Waals surface area contributed by atoms with Crippen LogP contribution in [-0.2, 0) is 16.1 Å². The molecule has 2 amide bonds. The van der Waals surface area contributed by atoms with Crippen molar-refractivity contribution >= 4 is 17.8 Å². The lowest BCUT2D eigenvalue weighted by atomic mass is 10.1. The van der Waals surface area contributed by atoms with Gasteiger partial charge in [0, 0.05) is 12.0 Å². The highest BCUT2D eigenvalue weighted by molar-refractivity contribution is 6.04. The Kier molecular flexibility index (Phi) is 4.73. The number of urea groups is 1. The second kappa shape index (κ2) is 7.34. The van der Waals surface area contributed by atoms with Crippen molar-refractivity contribution in [2.24, 2.45) is 5.10 Å². The minimum absolute atomic E-state index is 0.149. The number of hydrogen-bond donors (Lipinski definition) is 0. The topological polar surface area (TPSA) is 65.5 Å². The third-order valence-corrected chi connectivity index (χ3v) is 5.04. The fourth-order valence-electron chi connectivity index (χ4n) is 3.71. The van der Waals surface area contributed by atoms with Gasteiger partial charge in [0.2, 0.25) is 0 Å². The number of benzene rings is 2. The van der Waals surface area contributed by atoms with Gasteiger partial charge in [-0.1, -0.05) is 60.7 Å². The molecular weight excluding hydrogens is 356 g/mol. The van der Waals surface area contributed by atoms with Crippen LogP contribution in [0.2, 0.25) is 0 Å². The Morgan fingerprint density at radius 1 is 1.07 bits per heavy atom. The van der Waals surface area contributed by atoms with E-state index in [2.05, 4.69) is 5.10 Å². The fraction of sp³-hybridized carbons (Fsp3) is 0.286. The number of methoxy groups -OCH3 is 1. The lowest BCUT2D eigenvalue weighted by molar-refractivity contribution is -0.146. The first-order valence-corrected chi connectivity index (χ1v) is 9.26. The van der Waals surface area contributed by atoms with Gasteiger partial charge in [-0.3, -0.25) is 0 Å². The van der Waals surface area contributed by atoms with Crippen molar-refractivity contribution in [3.63, 3.8) is 0 Å². The van der Waals surface area contributed by atoms with Crippen LogP contribution in [0.4, 0.5) is 4.79 Å². The molecule has 0 aromatic heterocycles. The number of rotatable bonds is 4. The van der Waals surface area contributed by atoms with E-state index in [0.717, 1.165) is 11.1 Å². The summed E-state index contributed by atoms with van der Waals surface area (Å²) in [4.78, 5) is 25.6. The van der Waals surface area contributed by atoms with Crippen molar-refractivity contribution in [1.29, 1.82) is 0 Å². The number of amides is 2. The van der Waals surface area contributed by atoms with Crippen LogP contribution >= 0.6 is 0 Å². The van der Waals surface area contributed by atoms with Gasteiger partial charge >= 0.3 is 12.0 Å². The van der Waals surface area contributed by atoms with Crippen molar-refractivity contribution in [1.82, 2.24) is 15.0 Å². The average molecular weight is 378 g/mol. The summed E-state index contributed by atoms with van der Waals surface area (Å²) in [6.07, 6.45) is 0.490. The van der Waals surface area contributed by atoms with Crippen LogP contribution in [0.3, 0.4) is 0 Å². The number of hydrazone groups is 1. The standard InChI is InChI=1S/C21H22N4O3/c1-15-13-18(20(26)28-2)25-19(17-11-7-4-8-12-17)22-23(21(27)24(15)25)14-16-9-5-3-6-10-16/h3-12,15,18H,13-14H2,1-2H3. The molecule has 2 aliphatic heterocycles. The lowest BCUT2D eigenvalue weighted by Gasteiger charge is -2.41. The van der Waals surface area contributed by atoms with Crippen molar-refractivity contribution in [2.75, 3.05) is 7.11 Å². The summed E-state index contributed by atoms with van der Waals surface area (Å²) >= 11 is 0. The third-order valence-electron chi connectivity index (χ3n) is 5.04. The number of carbonyl (C=O) groups excluding carboxylic acids is 2. The molecule has 1 fully saturated rings. The van der Waals surface area contributed by atoms with Gasteiger partial charge in [-0.15, -0.1) is 5.10 Å². The summed E-state index contributed by atoms with van der Waals surface area (Å²) in [5.41, 5.74) is 1.82. The highest BCUT2D eigenvalue weighted by Crippen LogP contribution is 2.32. The van der Waals surface area contributed by atoms with Crippen LogP contribution in [0, 0.1) is 0 Å². The Hall–Kier alpha value is -3.35. The fourth-order valence-corrected chi connectivity index (χ4v) is 3.71. The Morgan fingerprint density at radius 2 is 1.71 bits per heavy atom. The molecule has 2 aliphatic rings. The van der Waals surface area contributed by atoms with E-state index in [4.69, 9.17) is 4.74 Å². The first-order chi connectivity index (χ1) is 13.6. The number of esters is 1. The van der Waals surface area contributed by atoms with Gasteiger partial charge in [-0.2, -0.15) is 0 Å². The quantitative estimate of drug-likeness (QED) is 0.768. The van der Waals surface area contributed by atoms with Gasteiger partial charge in [0.1, 0.15) is 0 Å².